The van der Waals surface area contributed by atoms with Crippen molar-refractivity contribution >= 4 is 33.2 Å². The fourth-order valence-corrected chi connectivity index (χ4v) is 2.90. The SMILES string of the molecule is CC(c1cccc(Cl)c1)N(C)c1c(F)cccc1CBr. The summed E-state index contributed by atoms with van der Waals surface area (Å²) >= 11 is 9.44. The van der Waals surface area contributed by atoms with Crippen LogP contribution in [0.1, 0.15) is 24.1 Å². The molecule has 1 unspecified atom stereocenters. The molecule has 2 aromatic carbocycles. The van der Waals surface area contributed by atoms with Gasteiger partial charge in [-0.2, -0.15) is 0 Å². The van der Waals surface area contributed by atoms with E-state index < -0.39 is 0 Å². The molecule has 0 fully saturated rings. The van der Waals surface area contributed by atoms with Crippen LogP contribution < -0.4 is 4.90 Å². The lowest BCUT2D eigenvalue weighted by Crippen LogP contribution is -2.23. The van der Waals surface area contributed by atoms with Crippen LogP contribution in [0, 0.1) is 5.82 Å². The van der Waals surface area contributed by atoms with Gasteiger partial charge in [0, 0.05) is 17.4 Å². The van der Waals surface area contributed by atoms with Gasteiger partial charge >= 0.3 is 0 Å². The Bertz CT molecular complexity index is 603. The lowest BCUT2D eigenvalue weighted by molar-refractivity contribution is 0.610. The summed E-state index contributed by atoms with van der Waals surface area (Å²) in [6, 6.07) is 12.8. The van der Waals surface area contributed by atoms with Crippen LogP contribution in [0.3, 0.4) is 0 Å². The molecule has 0 aromatic heterocycles. The molecule has 20 heavy (non-hydrogen) atoms. The maximum Gasteiger partial charge on any atom is 0.146 e. The van der Waals surface area contributed by atoms with Crippen molar-refractivity contribution in [3.8, 4) is 0 Å². The first kappa shape index (κ1) is 15.3. The van der Waals surface area contributed by atoms with Crippen LogP contribution in [-0.4, -0.2) is 7.05 Å². The van der Waals surface area contributed by atoms with Gasteiger partial charge in [0.2, 0.25) is 0 Å². The van der Waals surface area contributed by atoms with Gasteiger partial charge in [-0.1, -0.05) is 51.8 Å². The molecule has 0 amide bonds. The van der Waals surface area contributed by atoms with Crippen molar-refractivity contribution in [1.82, 2.24) is 0 Å². The van der Waals surface area contributed by atoms with Gasteiger partial charge in [-0.25, -0.2) is 4.39 Å². The van der Waals surface area contributed by atoms with Gasteiger partial charge in [-0.05, 0) is 36.2 Å². The molecule has 1 atom stereocenters. The van der Waals surface area contributed by atoms with E-state index in [1.807, 2.05) is 49.2 Å². The summed E-state index contributed by atoms with van der Waals surface area (Å²) in [5, 5.41) is 1.31. The first-order valence-corrected chi connectivity index (χ1v) is 7.86. The number of rotatable bonds is 4. The molecule has 0 aliphatic heterocycles. The number of benzene rings is 2. The molecule has 1 nitrogen and oxygen atoms in total. The Morgan fingerprint density at radius 2 is 1.95 bits per heavy atom. The highest BCUT2D eigenvalue weighted by Crippen LogP contribution is 2.32. The van der Waals surface area contributed by atoms with Crippen molar-refractivity contribution in [3.05, 3.63) is 64.4 Å². The number of hydrogen-bond acceptors (Lipinski definition) is 1. The zero-order chi connectivity index (χ0) is 14.7. The molecule has 0 bridgehead atoms. The van der Waals surface area contributed by atoms with Gasteiger partial charge in [0.05, 0.1) is 11.7 Å². The second-order valence-electron chi connectivity index (χ2n) is 4.72. The van der Waals surface area contributed by atoms with Crippen LogP contribution in [0.15, 0.2) is 42.5 Å². The summed E-state index contributed by atoms with van der Waals surface area (Å²) in [5.41, 5.74) is 2.61. The van der Waals surface area contributed by atoms with Crippen LogP contribution in [0.5, 0.6) is 0 Å². The van der Waals surface area contributed by atoms with E-state index in [0.29, 0.717) is 16.0 Å². The number of para-hydroxylation sites is 1. The van der Waals surface area contributed by atoms with E-state index in [4.69, 9.17) is 11.6 Å². The number of nitrogens with zero attached hydrogens (tertiary/aromatic N) is 1. The van der Waals surface area contributed by atoms with E-state index in [2.05, 4.69) is 15.9 Å². The van der Waals surface area contributed by atoms with E-state index in [1.54, 1.807) is 6.07 Å². The van der Waals surface area contributed by atoms with Crippen molar-refractivity contribution in [3.63, 3.8) is 0 Å². The summed E-state index contributed by atoms with van der Waals surface area (Å²) in [4.78, 5) is 1.94. The smallest absolute Gasteiger partial charge is 0.146 e. The number of halogens is 3. The lowest BCUT2D eigenvalue weighted by Gasteiger charge is -2.29. The van der Waals surface area contributed by atoms with Gasteiger partial charge < -0.3 is 4.90 Å². The van der Waals surface area contributed by atoms with Crippen LogP contribution in [0.2, 0.25) is 5.02 Å². The molecule has 0 aliphatic rings. The van der Waals surface area contributed by atoms with Crippen LogP contribution in [0.25, 0.3) is 0 Å². The molecule has 0 saturated carbocycles. The van der Waals surface area contributed by atoms with Gasteiger partial charge in [0.15, 0.2) is 0 Å². The Kier molecular flexibility index (Phi) is 5.06. The highest BCUT2D eigenvalue weighted by Gasteiger charge is 2.18. The monoisotopic (exact) mass is 355 g/mol. The molecule has 4 heteroatoms. The molecular weight excluding hydrogens is 341 g/mol. The lowest BCUT2D eigenvalue weighted by atomic mass is 10.1. The highest BCUT2D eigenvalue weighted by molar-refractivity contribution is 9.08. The summed E-state index contributed by atoms with van der Waals surface area (Å²) < 4.78 is 14.2. The first-order chi connectivity index (χ1) is 9.54. The molecule has 2 rings (SSSR count). The number of hydrogen-bond donors (Lipinski definition) is 0. The molecule has 0 heterocycles. The van der Waals surface area contributed by atoms with Crippen LogP contribution in [-0.2, 0) is 5.33 Å². The Morgan fingerprint density at radius 3 is 2.60 bits per heavy atom. The molecule has 2 aromatic rings. The van der Waals surface area contributed by atoms with E-state index in [1.165, 1.54) is 6.07 Å². The Hall–Kier alpha value is -1.06. The maximum atomic E-state index is 14.2. The van der Waals surface area contributed by atoms with Crippen molar-refractivity contribution in [1.29, 1.82) is 0 Å². The molecule has 106 valence electrons. The predicted molar refractivity (Wildman–Crippen MR) is 87.3 cm³/mol. The third-order valence-electron chi connectivity index (χ3n) is 3.48. The number of anilines is 1. The van der Waals surface area contributed by atoms with Crippen molar-refractivity contribution in [2.75, 3.05) is 11.9 Å². The Balaban J connectivity index is 2.38. The zero-order valence-electron chi connectivity index (χ0n) is 11.4. The second kappa shape index (κ2) is 6.59. The van der Waals surface area contributed by atoms with E-state index in [-0.39, 0.29) is 11.9 Å². The topological polar surface area (TPSA) is 3.24 Å². The van der Waals surface area contributed by atoms with Gasteiger partial charge in [-0.15, -0.1) is 0 Å². The average Bonchev–Trinajstić information content (AvgIpc) is 2.45. The third-order valence-corrected chi connectivity index (χ3v) is 4.32. The summed E-state index contributed by atoms with van der Waals surface area (Å²) in [5.74, 6) is -0.210. The fourth-order valence-electron chi connectivity index (χ4n) is 2.25. The van der Waals surface area contributed by atoms with Crippen LogP contribution in [0.4, 0.5) is 10.1 Å². The van der Waals surface area contributed by atoms with Gasteiger partial charge in [0.25, 0.3) is 0 Å². The van der Waals surface area contributed by atoms with Crippen molar-refractivity contribution in [2.45, 2.75) is 18.3 Å². The Morgan fingerprint density at radius 1 is 1.25 bits per heavy atom. The minimum absolute atomic E-state index is 0.0309. The highest BCUT2D eigenvalue weighted by atomic mass is 79.9. The predicted octanol–water partition coefficient (Wildman–Crippen LogP) is 5.57. The van der Waals surface area contributed by atoms with Crippen LogP contribution >= 0.6 is 27.5 Å². The van der Waals surface area contributed by atoms with Crippen molar-refractivity contribution in [2.24, 2.45) is 0 Å². The molecular formula is C16H16BrClFN. The molecule has 0 N–H and O–H groups in total. The molecule has 0 radical (unpaired) electrons. The van der Waals surface area contributed by atoms with Crippen molar-refractivity contribution < 1.29 is 4.39 Å². The normalized spacial score (nSPS) is 12.2. The summed E-state index contributed by atoms with van der Waals surface area (Å²) in [7, 11) is 1.90. The van der Waals surface area contributed by atoms with E-state index in [9.17, 15) is 4.39 Å². The maximum absolute atomic E-state index is 14.2. The Labute approximate surface area is 132 Å². The van der Waals surface area contributed by atoms with E-state index >= 15 is 0 Å². The second-order valence-corrected chi connectivity index (χ2v) is 5.72. The zero-order valence-corrected chi connectivity index (χ0v) is 13.7. The largest absolute Gasteiger partial charge is 0.365 e. The summed E-state index contributed by atoms with van der Waals surface area (Å²) in [6.45, 7) is 2.04. The van der Waals surface area contributed by atoms with Gasteiger partial charge in [-0.3, -0.25) is 0 Å². The molecule has 0 saturated heterocycles. The average molecular weight is 357 g/mol. The molecule has 0 spiro atoms. The summed E-state index contributed by atoms with van der Waals surface area (Å²) in [6.07, 6.45) is 0. The third kappa shape index (κ3) is 3.15. The minimum Gasteiger partial charge on any atom is -0.365 e. The standard InChI is InChI=1S/C16H16BrClFN/c1-11(12-5-3-7-14(18)9-12)20(2)16-13(10-17)6-4-8-15(16)19/h3-9,11H,10H2,1-2H3. The quantitative estimate of drug-likeness (QED) is 0.647. The minimum atomic E-state index is -0.210. The molecule has 0 aliphatic carbocycles. The fraction of sp³-hybridized carbons (Fsp3) is 0.250. The first-order valence-electron chi connectivity index (χ1n) is 6.36. The van der Waals surface area contributed by atoms with E-state index in [0.717, 1.165) is 11.1 Å². The number of alkyl halides is 1. The van der Waals surface area contributed by atoms with Gasteiger partial charge in [0.1, 0.15) is 5.82 Å².